The van der Waals surface area contributed by atoms with Crippen LogP contribution in [0.1, 0.15) is 37.7 Å². The number of carbonyl (C=O) groups is 1. The van der Waals surface area contributed by atoms with E-state index in [1.54, 1.807) is 0 Å². The van der Waals surface area contributed by atoms with Crippen LogP contribution in [0.15, 0.2) is 43.0 Å². The maximum absolute atomic E-state index is 11.3. The van der Waals surface area contributed by atoms with E-state index in [-0.39, 0.29) is 5.92 Å². The normalized spacial score (nSPS) is 26.6. The van der Waals surface area contributed by atoms with Crippen molar-refractivity contribution < 1.29 is 9.90 Å². The van der Waals surface area contributed by atoms with E-state index in [0.717, 1.165) is 37.7 Å². The predicted octanol–water partition coefficient (Wildman–Crippen LogP) is 3.92. The van der Waals surface area contributed by atoms with Gasteiger partial charge in [-0.2, -0.15) is 0 Å². The van der Waals surface area contributed by atoms with Gasteiger partial charge in [-0.25, -0.2) is 4.79 Å². The Bertz CT molecular complexity index is 443. The molecule has 1 saturated carbocycles. The molecule has 1 aliphatic carbocycles. The van der Waals surface area contributed by atoms with E-state index < -0.39 is 11.6 Å². The molecule has 1 aromatic carbocycles. The van der Waals surface area contributed by atoms with Crippen LogP contribution in [0, 0.1) is 5.92 Å². The van der Waals surface area contributed by atoms with Crippen molar-refractivity contribution >= 4 is 6.09 Å². The van der Waals surface area contributed by atoms with Crippen molar-refractivity contribution in [2.24, 2.45) is 5.92 Å². The number of nitrogens with one attached hydrogen (secondary N) is 1. The molecule has 1 fully saturated rings. The van der Waals surface area contributed by atoms with E-state index in [4.69, 9.17) is 0 Å². The first-order valence-corrected chi connectivity index (χ1v) is 6.86. The average molecular weight is 259 g/mol. The zero-order chi connectivity index (χ0) is 13.7. The van der Waals surface area contributed by atoms with Crippen molar-refractivity contribution in [1.29, 1.82) is 0 Å². The standard InChI is InChI=1S/C16H21NO2/c1-2-8-13-11-6-7-12-16(13,17-15(18)19)14-9-4-3-5-10-14/h2-5,9-10,13,17H,1,6-8,11-12H2,(H,18,19). The molecule has 0 saturated heterocycles. The van der Waals surface area contributed by atoms with E-state index in [0.29, 0.717) is 0 Å². The number of allylic oxidation sites excluding steroid dienone is 1. The molecule has 3 nitrogen and oxygen atoms in total. The third kappa shape index (κ3) is 2.80. The minimum atomic E-state index is -0.945. The Morgan fingerprint density at radius 1 is 1.42 bits per heavy atom. The second kappa shape index (κ2) is 5.91. The largest absolute Gasteiger partial charge is 0.465 e. The molecule has 19 heavy (non-hydrogen) atoms. The lowest BCUT2D eigenvalue weighted by Crippen LogP contribution is -2.52. The average Bonchev–Trinajstić information content (AvgIpc) is 2.42. The fourth-order valence-electron chi connectivity index (χ4n) is 3.31. The van der Waals surface area contributed by atoms with Crippen molar-refractivity contribution in [3.63, 3.8) is 0 Å². The lowest BCUT2D eigenvalue weighted by atomic mass is 9.67. The molecule has 0 spiro atoms. The van der Waals surface area contributed by atoms with Crippen LogP contribution in [0.2, 0.25) is 0 Å². The summed E-state index contributed by atoms with van der Waals surface area (Å²) in [6, 6.07) is 9.96. The van der Waals surface area contributed by atoms with Crippen LogP contribution in [0.25, 0.3) is 0 Å². The Morgan fingerprint density at radius 3 is 2.79 bits per heavy atom. The molecule has 1 aliphatic rings. The SMILES string of the molecule is C=CCC1CCCCC1(NC(=O)O)c1ccccc1. The van der Waals surface area contributed by atoms with Gasteiger partial charge in [-0.1, -0.05) is 49.2 Å². The quantitative estimate of drug-likeness (QED) is 0.805. The Hall–Kier alpha value is -1.77. The highest BCUT2D eigenvalue weighted by molar-refractivity contribution is 5.66. The summed E-state index contributed by atoms with van der Waals surface area (Å²) < 4.78 is 0. The number of carboxylic acid groups (broad SMARTS) is 1. The van der Waals surface area contributed by atoms with Gasteiger partial charge in [-0.3, -0.25) is 0 Å². The van der Waals surface area contributed by atoms with Crippen LogP contribution in [-0.4, -0.2) is 11.2 Å². The van der Waals surface area contributed by atoms with Gasteiger partial charge in [-0.05, 0) is 30.7 Å². The van der Waals surface area contributed by atoms with Gasteiger partial charge in [0, 0.05) is 0 Å². The molecule has 0 aliphatic heterocycles. The number of rotatable bonds is 4. The predicted molar refractivity (Wildman–Crippen MR) is 76.1 cm³/mol. The van der Waals surface area contributed by atoms with Gasteiger partial charge >= 0.3 is 6.09 Å². The molecule has 2 N–H and O–H groups in total. The van der Waals surface area contributed by atoms with E-state index in [1.165, 1.54) is 0 Å². The lowest BCUT2D eigenvalue weighted by molar-refractivity contribution is 0.122. The van der Waals surface area contributed by atoms with Gasteiger partial charge in [0.05, 0.1) is 5.54 Å². The Kier molecular flexibility index (Phi) is 4.25. The highest BCUT2D eigenvalue weighted by Crippen LogP contribution is 2.43. The molecule has 3 heteroatoms. The molecule has 1 aromatic rings. The number of benzene rings is 1. The van der Waals surface area contributed by atoms with E-state index in [2.05, 4.69) is 11.9 Å². The van der Waals surface area contributed by atoms with Crippen molar-refractivity contribution in [2.75, 3.05) is 0 Å². The third-order valence-corrected chi connectivity index (χ3v) is 4.14. The first-order valence-electron chi connectivity index (χ1n) is 6.86. The van der Waals surface area contributed by atoms with Gasteiger partial charge in [0.25, 0.3) is 0 Å². The van der Waals surface area contributed by atoms with Crippen molar-refractivity contribution in [1.82, 2.24) is 5.32 Å². The van der Waals surface area contributed by atoms with Crippen LogP contribution in [0.5, 0.6) is 0 Å². The summed E-state index contributed by atoms with van der Waals surface area (Å²) in [6.45, 7) is 3.82. The summed E-state index contributed by atoms with van der Waals surface area (Å²) in [5, 5.41) is 12.1. The van der Waals surface area contributed by atoms with Gasteiger partial charge < -0.3 is 10.4 Å². The van der Waals surface area contributed by atoms with Gasteiger partial charge in [-0.15, -0.1) is 6.58 Å². The summed E-state index contributed by atoms with van der Waals surface area (Å²) in [4.78, 5) is 11.3. The molecular weight excluding hydrogens is 238 g/mol. The summed E-state index contributed by atoms with van der Waals surface area (Å²) in [5.41, 5.74) is 0.614. The first-order chi connectivity index (χ1) is 9.19. The smallest absolute Gasteiger partial charge is 0.405 e. The molecule has 2 atom stereocenters. The number of hydrogen-bond acceptors (Lipinski definition) is 1. The van der Waals surface area contributed by atoms with Crippen LogP contribution in [0.4, 0.5) is 4.79 Å². The number of amides is 1. The van der Waals surface area contributed by atoms with Crippen molar-refractivity contribution in [2.45, 2.75) is 37.6 Å². The molecule has 0 bridgehead atoms. The maximum Gasteiger partial charge on any atom is 0.405 e. The molecular formula is C16H21NO2. The Morgan fingerprint density at radius 2 is 2.16 bits per heavy atom. The van der Waals surface area contributed by atoms with Crippen LogP contribution in [-0.2, 0) is 5.54 Å². The third-order valence-electron chi connectivity index (χ3n) is 4.14. The molecule has 1 amide bonds. The van der Waals surface area contributed by atoms with Crippen LogP contribution in [0.3, 0.4) is 0 Å². The minimum absolute atomic E-state index is 0.289. The summed E-state index contributed by atoms with van der Waals surface area (Å²) in [7, 11) is 0. The summed E-state index contributed by atoms with van der Waals surface area (Å²) >= 11 is 0. The highest BCUT2D eigenvalue weighted by Gasteiger charge is 2.42. The molecule has 0 radical (unpaired) electrons. The monoisotopic (exact) mass is 259 g/mol. The van der Waals surface area contributed by atoms with Gasteiger partial charge in [0.2, 0.25) is 0 Å². The second-order valence-corrected chi connectivity index (χ2v) is 5.23. The fourth-order valence-corrected chi connectivity index (χ4v) is 3.31. The molecule has 102 valence electrons. The highest BCUT2D eigenvalue weighted by atomic mass is 16.4. The summed E-state index contributed by atoms with van der Waals surface area (Å²) in [5.74, 6) is 0.289. The first kappa shape index (κ1) is 13.7. The number of hydrogen-bond donors (Lipinski definition) is 2. The van der Waals surface area contributed by atoms with Crippen molar-refractivity contribution in [3.05, 3.63) is 48.6 Å². The lowest BCUT2D eigenvalue weighted by Gasteiger charge is -2.44. The summed E-state index contributed by atoms with van der Waals surface area (Å²) in [6.07, 6.45) is 5.92. The van der Waals surface area contributed by atoms with Crippen molar-refractivity contribution in [3.8, 4) is 0 Å². The van der Waals surface area contributed by atoms with E-state index in [9.17, 15) is 9.90 Å². The molecule has 0 aromatic heterocycles. The molecule has 2 rings (SSSR count). The van der Waals surface area contributed by atoms with Gasteiger partial charge in [0.15, 0.2) is 0 Å². The van der Waals surface area contributed by atoms with Crippen LogP contribution >= 0.6 is 0 Å². The van der Waals surface area contributed by atoms with E-state index in [1.807, 2.05) is 36.4 Å². The minimum Gasteiger partial charge on any atom is -0.465 e. The Balaban J connectivity index is 2.42. The molecule has 0 heterocycles. The van der Waals surface area contributed by atoms with Crippen LogP contribution < -0.4 is 5.32 Å². The zero-order valence-electron chi connectivity index (χ0n) is 11.1. The zero-order valence-corrected chi connectivity index (χ0v) is 11.1. The molecule has 2 unspecified atom stereocenters. The Labute approximate surface area is 114 Å². The van der Waals surface area contributed by atoms with Gasteiger partial charge in [0.1, 0.15) is 0 Å². The maximum atomic E-state index is 11.3. The fraction of sp³-hybridized carbons (Fsp3) is 0.438. The van der Waals surface area contributed by atoms with E-state index >= 15 is 0 Å². The topological polar surface area (TPSA) is 49.3 Å². The second-order valence-electron chi connectivity index (χ2n) is 5.23.